The fourth-order valence-corrected chi connectivity index (χ4v) is 3.55. The minimum atomic E-state index is -0.645. The van der Waals surface area contributed by atoms with E-state index in [2.05, 4.69) is 12.1 Å². The van der Waals surface area contributed by atoms with Crippen molar-refractivity contribution in [3.05, 3.63) is 29.3 Å². The van der Waals surface area contributed by atoms with Crippen molar-refractivity contribution < 1.29 is 19.1 Å². The Balaban J connectivity index is 1.94. The van der Waals surface area contributed by atoms with Gasteiger partial charge in [-0.2, -0.15) is 0 Å². The van der Waals surface area contributed by atoms with Crippen LogP contribution in [0, 0.1) is 0 Å². The summed E-state index contributed by atoms with van der Waals surface area (Å²) in [7, 11) is 0. The molecule has 0 radical (unpaired) electrons. The van der Waals surface area contributed by atoms with E-state index in [0.717, 1.165) is 18.5 Å². The molecule has 1 aromatic carbocycles. The zero-order chi connectivity index (χ0) is 22.1. The van der Waals surface area contributed by atoms with Crippen molar-refractivity contribution >= 4 is 23.8 Å². The number of amides is 2. The number of nitrogens with zero attached hydrogens (tertiary/aromatic N) is 3. The average Bonchev–Trinajstić information content (AvgIpc) is 3.02. The SMILES string of the molecule is CC(C)(C)OC(=O)N1CCN(C(=O)OC(C)(C)C)C1=Nc1ccc2c(c1)CCCC2. The normalized spacial score (nSPS) is 16.9. The van der Waals surface area contributed by atoms with Gasteiger partial charge in [0.25, 0.3) is 0 Å². The molecule has 0 spiro atoms. The van der Waals surface area contributed by atoms with E-state index in [1.807, 2.05) is 47.6 Å². The van der Waals surface area contributed by atoms with E-state index in [1.54, 1.807) is 0 Å². The van der Waals surface area contributed by atoms with E-state index in [9.17, 15) is 9.59 Å². The zero-order valence-electron chi connectivity index (χ0n) is 18.9. The molecule has 0 atom stereocenters. The molecule has 2 aliphatic rings. The monoisotopic (exact) mass is 415 g/mol. The van der Waals surface area contributed by atoms with Gasteiger partial charge in [0.15, 0.2) is 0 Å². The number of hydrogen-bond donors (Lipinski definition) is 0. The summed E-state index contributed by atoms with van der Waals surface area (Å²) in [5.41, 5.74) is 2.06. The van der Waals surface area contributed by atoms with Gasteiger partial charge in [0.1, 0.15) is 11.2 Å². The number of ether oxygens (including phenoxy) is 2. The Morgan fingerprint density at radius 3 is 1.83 bits per heavy atom. The number of carbonyl (C=O) groups excluding carboxylic acids is 2. The summed E-state index contributed by atoms with van der Waals surface area (Å²) in [6, 6.07) is 6.09. The van der Waals surface area contributed by atoms with E-state index in [1.165, 1.54) is 33.8 Å². The number of hydrogen-bond acceptors (Lipinski definition) is 5. The van der Waals surface area contributed by atoms with Gasteiger partial charge in [0.05, 0.1) is 18.8 Å². The van der Waals surface area contributed by atoms with Crippen molar-refractivity contribution in [2.75, 3.05) is 13.1 Å². The topological polar surface area (TPSA) is 71.4 Å². The van der Waals surface area contributed by atoms with Crippen LogP contribution in [0.4, 0.5) is 15.3 Å². The first-order valence-electron chi connectivity index (χ1n) is 10.6. The Hall–Kier alpha value is -2.57. The maximum absolute atomic E-state index is 12.8. The minimum absolute atomic E-state index is 0.245. The number of carbonyl (C=O) groups is 2. The summed E-state index contributed by atoms with van der Waals surface area (Å²) in [4.78, 5) is 33.1. The molecule has 2 amide bonds. The van der Waals surface area contributed by atoms with Crippen LogP contribution in [0.3, 0.4) is 0 Å². The average molecular weight is 416 g/mol. The van der Waals surface area contributed by atoms with Crippen LogP contribution in [-0.4, -0.2) is 52.2 Å². The lowest BCUT2D eigenvalue weighted by Crippen LogP contribution is -2.44. The smallest absolute Gasteiger partial charge is 0.417 e. The van der Waals surface area contributed by atoms with E-state index in [4.69, 9.17) is 14.5 Å². The molecule has 1 fully saturated rings. The highest BCUT2D eigenvalue weighted by molar-refractivity contribution is 6.04. The largest absolute Gasteiger partial charge is 0.443 e. The van der Waals surface area contributed by atoms with Crippen LogP contribution in [0.5, 0.6) is 0 Å². The van der Waals surface area contributed by atoms with Gasteiger partial charge in [-0.05, 0) is 90.5 Å². The van der Waals surface area contributed by atoms with Gasteiger partial charge in [-0.1, -0.05) is 6.07 Å². The molecular formula is C23H33N3O4. The van der Waals surface area contributed by atoms with Crippen LogP contribution in [-0.2, 0) is 22.3 Å². The predicted octanol–water partition coefficient (Wildman–Crippen LogP) is 5.04. The highest BCUT2D eigenvalue weighted by Crippen LogP contribution is 2.27. The van der Waals surface area contributed by atoms with Crippen molar-refractivity contribution in [2.24, 2.45) is 4.99 Å². The Labute approximate surface area is 179 Å². The third kappa shape index (κ3) is 5.52. The lowest BCUT2D eigenvalue weighted by Gasteiger charge is -2.27. The molecule has 164 valence electrons. The highest BCUT2D eigenvalue weighted by atomic mass is 16.6. The van der Waals surface area contributed by atoms with Gasteiger partial charge in [0.2, 0.25) is 5.96 Å². The quantitative estimate of drug-likeness (QED) is 0.644. The molecule has 0 aromatic heterocycles. The van der Waals surface area contributed by atoms with Crippen molar-refractivity contribution in [1.82, 2.24) is 9.80 Å². The molecule has 1 saturated heterocycles. The van der Waals surface area contributed by atoms with Crippen LogP contribution in [0.1, 0.15) is 65.5 Å². The molecule has 1 aliphatic carbocycles. The summed E-state index contributed by atoms with van der Waals surface area (Å²) in [5.74, 6) is 0.245. The molecule has 7 nitrogen and oxygen atoms in total. The molecule has 1 aliphatic heterocycles. The van der Waals surface area contributed by atoms with Crippen LogP contribution >= 0.6 is 0 Å². The van der Waals surface area contributed by atoms with Crippen LogP contribution in [0.2, 0.25) is 0 Å². The van der Waals surface area contributed by atoms with E-state index in [0.29, 0.717) is 13.1 Å². The molecule has 1 aromatic rings. The molecule has 1 heterocycles. The van der Waals surface area contributed by atoms with Gasteiger partial charge in [0, 0.05) is 0 Å². The molecular weight excluding hydrogens is 382 g/mol. The molecule has 0 unspecified atom stereocenters. The third-order valence-electron chi connectivity index (χ3n) is 4.82. The second kappa shape index (κ2) is 8.28. The zero-order valence-corrected chi connectivity index (χ0v) is 18.9. The standard InChI is InChI=1S/C23H33N3O4/c1-22(2,3)29-20(27)25-13-14-26(21(28)30-23(4,5)6)19(25)24-18-12-11-16-9-7-8-10-17(16)15-18/h11-12,15H,7-10,13-14H2,1-6H3. The first-order chi connectivity index (χ1) is 13.9. The fraction of sp³-hybridized carbons (Fsp3) is 0.609. The van der Waals surface area contributed by atoms with Crippen LogP contribution in [0.15, 0.2) is 23.2 Å². The number of aliphatic imine (C=N–C) groups is 1. The Bertz CT molecular complexity index is 811. The summed E-state index contributed by atoms with van der Waals surface area (Å²) >= 11 is 0. The second-order valence-corrected chi connectivity index (χ2v) is 9.84. The first kappa shape index (κ1) is 22.1. The van der Waals surface area contributed by atoms with Crippen molar-refractivity contribution in [1.29, 1.82) is 0 Å². The molecule has 7 heteroatoms. The van der Waals surface area contributed by atoms with Gasteiger partial charge in [-0.3, -0.25) is 0 Å². The van der Waals surface area contributed by atoms with Gasteiger partial charge >= 0.3 is 12.2 Å². The van der Waals surface area contributed by atoms with Crippen LogP contribution in [0.25, 0.3) is 0 Å². The molecule has 0 bridgehead atoms. The molecule has 30 heavy (non-hydrogen) atoms. The molecule has 3 rings (SSSR count). The second-order valence-electron chi connectivity index (χ2n) is 9.84. The lowest BCUT2D eigenvalue weighted by atomic mass is 9.91. The first-order valence-corrected chi connectivity index (χ1v) is 10.6. The number of aryl methyl sites for hydroxylation is 2. The third-order valence-corrected chi connectivity index (χ3v) is 4.82. The fourth-order valence-electron chi connectivity index (χ4n) is 3.55. The van der Waals surface area contributed by atoms with E-state index < -0.39 is 23.4 Å². The lowest BCUT2D eigenvalue weighted by molar-refractivity contribution is 0.0375. The maximum atomic E-state index is 12.8. The summed E-state index contributed by atoms with van der Waals surface area (Å²) in [6.45, 7) is 11.5. The van der Waals surface area contributed by atoms with Gasteiger partial charge in [-0.25, -0.2) is 24.4 Å². The van der Waals surface area contributed by atoms with Crippen molar-refractivity contribution in [2.45, 2.75) is 78.4 Å². The summed E-state index contributed by atoms with van der Waals surface area (Å²) in [6.07, 6.45) is 3.44. The highest BCUT2D eigenvalue weighted by Gasteiger charge is 2.39. The molecule has 0 saturated carbocycles. The van der Waals surface area contributed by atoms with Crippen LogP contribution < -0.4 is 0 Å². The van der Waals surface area contributed by atoms with Crippen molar-refractivity contribution in [3.8, 4) is 0 Å². The number of guanidine groups is 1. The van der Waals surface area contributed by atoms with Gasteiger partial charge in [-0.15, -0.1) is 0 Å². The Morgan fingerprint density at radius 2 is 1.33 bits per heavy atom. The van der Waals surface area contributed by atoms with Gasteiger partial charge < -0.3 is 9.47 Å². The predicted molar refractivity (Wildman–Crippen MR) is 116 cm³/mol. The Kier molecular flexibility index (Phi) is 6.11. The number of benzene rings is 1. The number of fused-ring (bicyclic) bond motifs is 1. The maximum Gasteiger partial charge on any atom is 0.417 e. The van der Waals surface area contributed by atoms with Crippen molar-refractivity contribution in [3.63, 3.8) is 0 Å². The molecule has 0 N–H and O–H groups in total. The summed E-state index contributed by atoms with van der Waals surface area (Å²) < 4.78 is 11.1. The summed E-state index contributed by atoms with van der Waals surface area (Å²) in [5, 5.41) is 0. The number of rotatable bonds is 1. The minimum Gasteiger partial charge on any atom is -0.443 e. The van der Waals surface area contributed by atoms with E-state index in [-0.39, 0.29) is 5.96 Å². The Morgan fingerprint density at radius 1 is 0.833 bits per heavy atom. The van der Waals surface area contributed by atoms with E-state index >= 15 is 0 Å².